The molecule has 1 saturated carbocycles. The van der Waals surface area contributed by atoms with Gasteiger partial charge in [0, 0.05) is 38.0 Å². The zero-order valence-electron chi connectivity index (χ0n) is 34.4. The second-order valence-corrected chi connectivity index (χ2v) is 24.2. The number of carbonyl (C=O) groups excluding carboxylic acids is 1. The number of aliphatic hydroxyl groups excluding tert-OH is 1. The van der Waals surface area contributed by atoms with E-state index in [-0.39, 0.29) is 58.0 Å². The molecule has 0 amide bonds. The van der Waals surface area contributed by atoms with Gasteiger partial charge in [0.1, 0.15) is 0 Å². The molecule has 1 fully saturated rings. The normalized spacial score (nSPS) is 15.2. The largest absolute Gasteiger partial charge is 0.512 e. The molecule has 0 saturated heterocycles. The van der Waals surface area contributed by atoms with Crippen molar-refractivity contribution in [2.75, 3.05) is 0 Å². The number of fused-ring (bicyclic) bond motifs is 4. The second kappa shape index (κ2) is 19.2. The molecule has 3 aromatic carbocycles. The van der Waals surface area contributed by atoms with Gasteiger partial charge in [-0.25, -0.2) is 0 Å². The van der Waals surface area contributed by atoms with E-state index in [1.54, 1.807) is 6.33 Å². The van der Waals surface area contributed by atoms with Crippen LogP contribution in [0.1, 0.15) is 118 Å². The fourth-order valence-electron chi connectivity index (χ4n) is 8.60. The molecule has 54 heavy (non-hydrogen) atoms. The van der Waals surface area contributed by atoms with Crippen LogP contribution in [0.5, 0.6) is 0 Å². The number of benzene rings is 3. The molecule has 293 valence electrons. The number of rotatable bonds is 12. The summed E-state index contributed by atoms with van der Waals surface area (Å²) in [6.07, 6.45) is 11.9. The summed E-state index contributed by atoms with van der Waals surface area (Å²) in [5, 5.41) is 15.2. The van der Waals surface area contributed by atoms with Crippen molar-refractivity contribution in [1.82, 2.24) is 9.97 Å². The van der Waals surface area contributed by atoms with E-state index in [0.29, 0.717) is 17.3 Å². The quantitative estimate of drug-likeness (QED) is 0.0585. The van der Waals surface area contributed by atoms with Gasteiger partial charge in [-0.1, -0.05) is 27.7 Å². The first-order chi connectivity index (χ1) is 25.2. The van der Waals surface area contributed by atoms with Gasteiger partial charge in [0.2, 0.25) is 0 Å². The van der Waals surface area contributed by atoms with Crippen molar-refractivity contribution < 1.29 is 30.0 Å². The van der Waals surface area contributed by atoms with Crippen LogP contribution in [0.25, 0.3) is 41.5 Å². The van der Waals surface area contributed by atoms with Gasteiger partial charge < -0.3 is 5.11 Å². The Balaban J connectivity index is 0.000000347. The van der Waals surface area contributed by atoms with Crippen LogP contribution >= 0.6 is 0 Å². The monoisotopic (exact) mass is 988 g/mol. The average Bonchev–Trinajstić information content (AvgIpc) is 3.50. The molecule has 0 spiro atoms. The van der Waals surface area contributed by atoms with E-state index in [4.69, 9.17) is 9.97 Å². The first-order valence-corrected chi connectivity index (χ1v) is 25.2. The summed E-state index contributed by atoms with van der Waals surface area (Å²) in [6.45, 7) is 22.7. The van der Waals surface area contributed by atoms with Crippen molar-refractivity contribution >= 4 is 63.7 Å². The maximum atomic E-state index is 11.7. The van der Waals surface area contributed by atoms with Gasteiger partial charge in [-0.15, -0.1) is 0 Å². The number of hydrogen-bond acceptors (Lipinski definition) is 4. The van der Waals surface area contributed by atoms with Crippen molar-refractivity contribution in [1.29, 1.82) is 0 Å². The molecule has 2 aromatic heterocycles. The molecule has 1 aliphatic carbocycles. The minimum atomic E-state index is -1.66. The third kappa shape index (κ3) is 10.3. The van der Waals surface area contributed by atoms with Crippen LogP contribution in [0.4, 0.5) is 0 Å². The number of ketones is 1. The van der Waals surface area contributed by atoms with Crippen LogP contribution < -0.4 is 5.19 Å². The molecule has 1 N–H and O–H groups in total. The van der Waals surface area contributed by atoms with E-state index in [9.17, 15) is 9.90 Å². The molecule has 0 bridgehead atoms. The predicted octanol–water partition coefficient (Wildman–Crippen LogP) is 12.6. The number of nitrogens with zero attached hydrogens (tertiary/aromatic N) is 2. The molecule has 1 aliphatic rings. The summed E-state index contributed by atoms with van der Waals surface area (Å²) in [5.74, 6) is 1.93. The van der Waals surface area contributed by atoms with E-state index in [2.05, 4.69) is 95.4 Å². The van der Waals surface area contributed by atoms with Gasteiger partial charge in [-0.2, -0.15) is 0 Å². The number of allylic oxidation sites excluding steroid dienone is 2. The summed E-state index contributed by atoms with van der Waals surface area (Å²) in [4.78, 5) is 21.4. The molecular weight excluding hydrogens is 924 g/mol. The van der Waals surface area contributed by atoms with E-state index >= 15 is 0 Å². The first kappa shape index (κ1) is 44.3. The predicted molar refractivity (Wildman–Crippen MR) is 231 cm³/mol. The van der Waals surface area contributed by atoms with Crippen LogP contribution in [-0.2, 0) is 24.9 Å². The molecule has 4 nitrogen and oxygen atoms in total. The molecule has 6 rings (SSSR count). The van der Waals surface area contributed by atoms with Gasteiger partial charge in [0.05, 0.1) is 5.76 Å². The Morgan fingerprint density at radius 2 is 1.59 bits per heavy atom. The Bertz CT molecular complexity index is 2050. The number of carbonyl (C=O) groups is 1. The summed E-state index contributed by atoms with van der Waals surface area (Å²) >= 11 is 0.204. The maximum Gasteiger partial charge on any atom is 0.162 e. The van der Waals surface area contributed by atoms with E-state index in [0.717, 1.165) is 42.5 Å². The van der Waals surface area contributed by atoms with E-state index < -0.39 is 8.07 Å². The molecule has 2 heterocycles. The summed E-state index contributed by atoms with van der Waals surface area (Å²) in [5.41, 5.74) is 5.41. The zero-order valence-corrected chi connectivity index (χ0v) is 39.5. The van der Waals surface area contributed by atoms with E-state index in [1.165, 1.54) is 73.2 Å². The van der Waals surface area contributed by atoms with Crippen LogP contribution in [0.3, 0.4) is 0 Å². The summed E-state index contributed by atoms with van der Waals surface area (Å²) in [6, 6.07) is 23.6. The fourth-order valence-corrected chi connectivity index (χ4v) is 14.9. The standard InChI is InChI=1S/C34H39N2SeSi.C13H24O2.Ir/c1-22(2)20-38(5,6)30-19-26(17-25-9-7-8-10-27(25)30)31-33-32(36-21-35-31)28-12-11-24(18-29(28)37-33)23-13-15-34(3,4)16-14-23;1-5-10(6-2)12(14)9-13(15)11(7-3)8-4;/h7-12,18-19,21-23H,13-16,20H2,1-6H3;9-11,14H,5-8H2,1-4H3;/q-1;;/b;12-9-;. The van der Waals surface area contributed by atoms with Crippen molar-refractivity contribution in [3.05, 3.63) is 78.3 Å². The fraction of sp³-hybridized carbons (Fsp3) is 0.511. The molecule has 1 radical (unpaired) electrons. The van der Waals surface area contributed by atoms with Gasteiger partial charge in [-0.05, 0) is 25.7 Å². The molecule has 5 aromatic rings. The Hall–Kier alpha value is -2.40. The molecule has 0 atom stereocenters. The maximum absolute atomic E-state index is 11.7. The first-order valence-electron chi connectivity index (χ1n) is 20.3. The SMILES string of the molecule is CC(C)C[Si](C)(C)c1cc(-c2ncnc3c2[se]c2cc(C4CCC(C)(C)CC4)ccc23)[c-]c2ccccc12.CCC(CC)C(=O)/C=C(\O)C(CC)CC.[Ir]. The van der Waals surface area contributed by atoms with Crippen molar-refractivity contribution in [3.8, 4) is 11.3 Å². The van der Waals surface area contributed by atoms with E-state index in [1.807, 2.05) is 27.7 Å². The molecular formula is C47H63IrN2O2SeSi-. The third-order valence-electron chi connectivity index (χ3n) is 11.8. The number of hydrogen-bond donors (Lipinski definition) is 1. The Morgan fingerprint density at radius 3 is 2.22 bits per heavy atom. The molecule has 7 heteroatoms. The van der Waals surface area contributed by atoms with Gasteiger partial charge in [-0.3, -0.25) is 4.79 Å². The number of aliphatic hydroxyl groups is 1. The van der Waals surface area contributed by atoms with Crippen LogP contribution in [-0.4, -0.2) is 43.4 Å². The average molecular weight is 987 g/mol. The van der Waals surface area contributed by atoms with Crippen LogP contribution in [0, 0.1) is 29.2 Å². The van der Waals surface area contributed by atoms with Gasteiger partial charge in [0.15, 0.2) is 5.78 Å². The minimum Gasteiger partial charge on any atom is -0.512 e. The minimum absolute atomic E-state index is 0. The second-order valence-electron chi connectivity index (χ2n) is 17.3. The Morgan fingerprint density at radius 1 is 0.944 bits per heavy atom. The van der Waals surface area contributed by atoms with Crippen LogP contribution in [0.2, 0.25) is 19.1 Å². The molecule has 0 aliphatic heterocycles. The Labute approximate surface area is 346 Å². The van der Waals surface area contributed by atoms with Crippen molar-refractivity contribution in [2.24, 2.45) is 23.2 Å². The van der Waals surface area contributed by atoms with Gasteiger partial charge >= 0.3 is 235 Å². The topological polar surface area (TPSA) is 63.1 Å². The number of aromatic nitrogens is 2. The summed E-state index contributed by atoms with van der Waals surface area (Å²) in [7, 11) is -1.66. The third-order valence-corrected chi connectivity index (χ3v) is 18.0. The molecule has 0 unspecified atom stereocenters. The summed E-state index contributed by atoms with van der Waals surface area (Å²) < 4.78 is 2.81. The van der Waals surface area contributed by atoms with Crippen LogP contribution in [0.15, 0.2) is 66.7 Å². The van der Waals surface area contributed by atoms with Gasteiger partial charge in [0.25, 0.3) is 0 Å². The smallest absolute Gasteiger partial charge is 0.162 e. The van der Waals surface area contributed by atoms with Crippen molar-refractivity contribution in [2.45, 2.75) is 132 Å². The Kier molecular flexibility index (Phi) is 15.7. The zero-order chi connectivity index (χ0) is 38.5. The van der Waals surface area contributed by atoms with Crippen molar-refractivity contribution in [3.63, 3.8) is 0 Å².